The summed E-state index contributed by atoms with van der Waals surface area (Å²) in [4.78, 5) is 51.8. The Kier molecular flexibility index (Phi) is 10.8. The van der Waals surface area contributed by atoms with E-state index in [-0.39, 0.29) is 18.1 Å². The maximum atomic E-state index is 13.2. The lowest BCUT2D eigenvalue weighted by molar-refractivity contribution is -0.145. The van der Waals surface area contributed by atoms with Gasteiger partial charge in [-0.2, -0.15) is 11.8 Å². The van der Waals surface area contributed by atoms with E-state index in [9.17, 15) is 34.5 Å². The number of aromatic hydroxyl groups is 1. The molecule has 1 aliphatic rings. The minimum absolute atomic E-state index is 0.00208. The van der Waals surface area contributed by atoms with Crippen LogP contribution in [0.4, 0.5) is 0 Å². The van der Waals surface area contributed by atoms with Crippen LogP contribution in [0.2, 0.25) is 0 Å². The molecule has 0 spiro atoms. The van der Waals surface area contributed by atoms with Gasteiger partial charge in [-0.15, -0.1) is 0 Å². The molecule has 1 aromatic rings. The molecule has 0 radical (unpaired) electrons. The van der Waals surface area contributed by atoms with Gasteiger partial charge in [-0.1, -0.05) is 12.1 Å². The normalized spacial score (nSPS) is 18.9. The van der Waals surface area contributed by atoms with Gasteiger partial charge >= 0.3 is 5.97 Å². The number of thioether (sulfide) groups is 1. The number of phenolic OH excluding ortho intramolecular Hbond substituents is 1. The summed E-state index contributed by atoms with van der Waals surface area (Å²) in [6.07, 6.45) is 2.04. The number of rotatable bonds is 12. The van der Waals surface area contributed by atoms with Crippen molar-refractivity contribution >= 4 is 35.5 Å². The third-order valence-corrected chi connectivity index (χ3v) is 6.49. The van der Waals surface area contributed by atoms with Crippen molar-refractivity contribution in [1.29, 1.82) is 0 Å². The number of aliphatic hydroxyl groups is 1. The lowest BCUT2D eigenvalue weighted by Gasteiger charge is -2.29. The fourth-order valence-electron chi connectivity index (χ4n) is 3.87. The largest absolute Gasteiger partial charge is 0.508 e. The maximum Gasteiger partial charge on any atom is 0.328 e. The zero-order chi connectivity index (χ0) is 26.1. The fraction of sp³-hybridized carbons (Fsp3) is 0.565. The zero-order valence-corrected chi connectivity index (χ0v) is 20.7. The van der Waals surface area contributed by atoms with Gasteiger partial charge in [-0.25, -0.2) is 4.79 Å². The summed E-state index contributed by atoms with van der Waals surface area (Å²) in [7, 11) is 0. The second kappa shape index (κ2) is 13.3. The molecule has 2 rings (SSSR count). The number of carboxylic acid groups (broad SMARTS) is 1. The number of hydrogen-bond acceptors (Lipinski definition) is 8. The third kappa shape index (κ3) is 8.11. The molecule has 1 aliphatic heterocycles. The molecule has 7 N–H and O–H groups in total. The summed E-state index contributed by atoms with van der Waals surface area (Å²) in [6, 6.07) is 1.71. The third-order valence-electron chi connectivity index (χ3n) is 5.84. The average molecular weight is 511 g/mol. The fourth-order valence-corrected chi connectivity index (χ4v) is 4.36. The van der Waals surface area contributed by atoms with Crippen LogP contribution in [0.1, 0.15) is 31.7 Å². The van der Waals surface area contributed by atoms with Crippen molar-refractivity contribution in [3.63, 3.8) is 0 Å². The van der Waals surface area contributed by atoms with Gasteiger partial charge in [-0.05, 0) is 55.9 Å². The Morgan fingerprint density at radius 1 is 1.20 bits per heavy atom. The van der Waals surface area contributed by atoms with Crippen LogP contribution in [0, 0.1) is 0 Å². The Balaban J connectivity index is 2.19. The number of carboxylic acids is 1. The van der Waals surface area contributed by atoms with E-state index in [0.717, 1.165) is 0 Å². The van der Waals surface area contributed by atoms with Gasteiger partial charge in [0.05, 0.1) is 12.1 Å². The molecular weight excluding hydrogens is 476 g/mol. The van der Waals surface area contributed by atoms with Crippen LogP contribution in [-0.2, 0) is 25.6 Å². The second-order valence-corrected chi connectivity index (χ2v) is 9.56. The molecule has 0 aliphatic carbocycles. The van der Waals surface area contributed by atoms with E-state index in [1.54, 1.807) is 23.9 Å². The Bertz CT molecular complexity index is 896. The number of nitrogens with zero attached hydrogens (tertiary/aromatic N) is 1. The highest BCUT2D eigenvalue weighted by atomic mass is 32.2. The number of aliphatic hydroxyl groups excluding tert-OH is 1. The van der Waals surface area contributed by atoms with Gasteiger partial charge in [-0.3, -0.25) is 14.4 Å². The van der Waals surface area contributed by atoms with Crippen molar-refractivity contribution in [3.05, 3.63) is 29.8 Å². The van der Waals surface area contributed by atoms with Crippen LogP contribution in [0.5, 0.6) is 5.75 Å². The highest BCUT2D eigenvalue weighted by Crippen LogP contribution is 2.20. The number of benzene rings is 1. The van der Waals surface area contributed by atoms with Gasteiger partial charge in [0.15, 0.2) is 6.04 Å². The predicted octanol–water partition coefficient (Wildman–Crippen LogP) is -0.559. The Morgan fingerprint density at radius 3 is 2.43 bits per heavy atom. The van der Waals surface area contributed by atoms with E-state index < -0.39 is 48.1 Å². The van der Waals surface area contributed by atoms with Crippen molar-refractivity contribution in [2.45, 2.75) is 62.9 Å². The van der Waals surface area contributed by atoms with Crippen LogP contribution < -0.4 is 16.4 Å². The summed E-state index contributed by atoms with van der Waals surface area (Å²) in [5.74, 6) is -2.36. The maximum absolute atomic E-state index is 13.2. The molecular formula is C23H34N4O7S. The smallest absolute Gasteiger partial charge is 0.328 e. The quantitative estimate of drug-likeness (QED) is 0.215. The second-order valence-electron chi connectivity index (χ2n) is 8.57. The van der Waals surface area contributed by atoms with Crippen LogP contribution in [0.15, 0.2) is 24.3 Å². The number of aliphatic carboxylic acids is 1. The number of amides is 3. The van der Waals surface area contributed by atoms with Gasteiger partial charge in [0.25, 0.3) is 0 Å². The average Bonchev–Trinajstić information content (AvgIpc) is 3.30. The monoisotopic (exact) mass is 510 g/mol. The highest BCUT2D eigenvalue weighted by Gasteiger charge is 2.38. The molecule has 35 heavy (non-hydrogen) atoms. The summed E-state index contributed by atoms with van der Waals surface area (Å²) in [5, 5.41) is 33.5. The Morgan fingerprint density at radius 2 is 1.86 bits per heavy atom. The van der Waals surface area contributed by atoms with Crippen LogP contribution in [0.3, 0.4) is 0 Å². The molecule has 1 aromatic carbocycles. The van der Waals surface area contributed by atoms with Crippen molar-refractivity contribution in [3.8, 4) is 5.75 Å². The Labute approximate surface area is 208 Å². The molecule has 0 aromatic heterocycles. The van der Waals surface area contributed by atoms with Crippen LogP contribution in [-0.4, -0.2) is 92.7 Å². The van der Waals surface area contributed by atoms with E-state index in [4.69, 9.17) is 5.73 Å². The zero-order valence-electron chi connectivity index (χ0n) is 19.8. The first kappa shape index (κ1) is 28.4. The molecule has 3 amide bonds. The first-order chi connectivity index (χ1) is 16.5. The molecule has 5 unspecified atom stereocenters. The number of nitrogens with one attached hydrogen (secondary N) is 2. The van der Waals surface area contributed by atoms with Crippen LogP contribution >= 0.6 is 11.8 Å². The number of hydrogen-bond donors (Lipinski definition) is 6. The number of phenols is 1. The molecule has 0 saturated carbocycles. The SMILES string of the molecule is CSCCC(N)C(=O)N1CCCC1C(=O)NC(Cc1ccc(O)cc1)C(=O)NC(C(=O)O)C(C)O. The number of carbonyl (C=O) groups excluding carboxylic acids is 3. The van der Waals surface area contributed by atoms with Gasteiger partial charge < -0.3 is 36.6 Å². The number of likely N-dealkylation sites (tertiary alicyclic amines) is 1. The summed E-state index contributed by atoms with van der Waals surface area (Å²) in [5.41, 5.74) is 6.62. The van der Waals surface area contributed by atoms with Gasteiger partial charge in [0.1, 0.15) is 17.8 Å². The lowest BCUT2D eigenvalue weighted by atomic mass is 10.0. The molecule has 11 nitrogen and oxygen atoms in total. The summed E-state index contributed by atoms with van der Waals surface area (Å²) < 4.78 is 0. The van der Waals surface area contributed by atoms with E-state index in [1.807, 2.05) is 6.26 Å². The Hall–Kier alpha value is -2.83. The van der Waals surface area contributed by atoms with Crippen molar-refractivity contribution in [2.75, 3.05) is 18.6 Å². The van der Waals surface area contributed by atoms with Gasteiger partial charge in [0.2, 0.25) is 17.7 Å². The predicted molar refractivity (Wildman–Crippen MR) is 131 cm³/mol. The van der Waals surface area contributed by atoms with E-state index in [0.29, 0.717) is 37.1 Å². The van der Waals surface area contributed by atoms with E-state index in [2.05, 4.69) is 10.6 Å². The summed E-state index contributed by atoms with van der Waals surface area (Å²) in [6.45, 7) is 1.61. The number of carbonyl (C=O) groups is 4. The van der Waals surface area contributed by atoms with Crippen molar-refractivity contribution < 1.29 is 34.5 Å². The minimum atomic E-state index is -1.57. The van der Waals surface area contributed by atoms with Gasteiger partial charge in [0, 0.05) is 13.0 Å². The summed E-state index contributed by atoms with van der Waals surface area (Å²) >= 11 is 1.57. The first-order valence-electron chi connectivity index (χ1n) is 11.4. The first-order valence-corrected chi connectivity index (χ1v) is 12.8. The lowest BCUT2D eigenvalue weighted by Crippen LogP contribution is -2.58. The van der Waals surface area contributed by atoms with Crippen molar-refractivity contribution in [2.24, 2.45) is 5.73 Å². The van der Waals surface area contributed by atoms with Crippen LogP contribution in [0.25, 0.3) is 0 Å². The van der Waals surface area contributed by atoms with Crippen molar-refractivity contribution in [1.82, 2.24) is 15.5 Å². The molecule has 0 bridgehead atoms. The standard InChI is InChI=1S/C23H34N4O7S/c1-13(28)19(23(33)34)26-20(30)17(12-14-5-7-15(29)8-6-14)25-21(31)18-4-3-10-27(18)22(32)16(24)9-11-35-2/h5-8,13,16-19,28-29H,3-4,9-12,24H2,1-2H3,(H,25,31)(H,26,30)(H,33,34). The molecule has 12 heteroatoms. The molecule has 1 heterocycles. The number of nitrogens with two attached hydrogens (primary N) is 1. The molecule has 194 valence electrons. The topological polar surface area (TPSA) is 182 Å². The highest BCUT2D eigenvalue weighted by molar-refractivity contribution is 7.98. The molecule has 1 fully saturated rings. The molecule has 1 saturated heterocycles. The molecule has 5 atom stereocenters. The minimum Gasteiger partial charge on any atom is -0.508 e. The van der Waals surface area contributed by atoms with E-state index in [1.165, 1.54) is 24.0 Å². The van der Waals surface area contributed by atoms with E-state index >= 15 is 0 Å².